The molecule has 2 unspecified atom stereocenters. The summed E-state index contributed by atoms with van der Waals surface area (Å²) in [6, 6.07) is 0.365. The number of aromatic nitrogens is 3. The van der Waals surface area contributed by atoms with E-state index < -0.39 is 0 Å². The lowest BCUT2D eigenvalue weighted by atomic mass is 9.98. The van der Waals surface area contributed by atoms with E-state index in [0.717, 1.165) is 50.0 Å². The molecule has 1 aromatic rings. The zero-order valence-corrected chi connectivity index (χ0v) is 15.3. The summed E-state index contributed by atoms with van der Waals surface area (Å²) in [5.41, 5.74) is 0. The summed E-state index contributed by atoms with van der Waals surface area (Å²) in [6.07, 6.45) is 5.56. The molecule has 1 fully saturated rings. The summed E-state index contributed by atoms with van der Waals surface area (Å²) in [5.74, 6) is 3.70. The van der Waals surface area contributed by atoms with Gasteiger partial charge in [-0.05, 0) is 38.8 Å². The van der Waals surface area contributed by atoms with Crippen LogP contribution in [0, 0.1) is 5.92 Å². The molecule has 2 aliphatic heterocycles. The number of guanidine groups is 1. The number of aliphatic imine (C=N–C) groups is 1. The standard InChI is InChI=1S/C17H31N7/c1-4-15-21-16-8-7-14(12-24(16)22-15)20-17(18-2)19-10-13-6-5-9-23(3)11-13/h13-14H,4-12H2,1-3H3,(H2,18,19,20). The molecule has 2 atom stereocenters. The van der Waals surface area contributed by atoms with Gasteiger partial charge in [0.1, 0.15) is 5.82 Å². The summed E-state index contributed by atoms with van der Waals surface area (Å²) < 4.78 is 2.06. The van der Waals surface area contributed by atoms with Crippen LogP contribution in [-0.4, -0.2) is 65.4 Å². The fourth-order valence-electron chi connectivity index (χ4n) is 3.70. The van der Waals surface area contributed by atoms with Gasteiger partial charge in [0, 0.05) is 39.0 Å². The molecular formula is C17H31N7. The largest absolute Gasteiger partial charge is 0.356 e. The third kappa shape index (κ3) is 4.26. The van der Waals surface area contributed by atoms with Crippen molar-refractivity contribution in [2.45, 2.75) is 51.6 Å². The van der Waals surface area contributed by atoms with Crippen LogP contribution in [0.2, 0.25) is 0 Å². The molecule has 24 heavy (non-hydrogen) atoms. The molecule has 1 aromatic heterocycles. The van der Waals surface area contributed by atoms with Crippen LogP contribution >= 0.6 is 0 Å². The fraction of sp³-hybridized carbons (Fsp3) is 0.824. The summed E-state index contributed by atoms with van der Waals surface area (Å²) >= 11 is 0. The van der Waals surface area contributed by atoms with E-state index >= 15 is 0 Å². The molecule has 2 aliphatic rings. The van der Waals surface area contributed by atoms with Gasteiger partial charge in [-0.1, -0.05) is 6.92 Å². The van der Waals surface area contributed by atoms with Crippen LogP contribution in [0.4, 0.5) is 0 Å². The minimum Gasteiger partial charge on any atom is -0.356 e. The van der Waals surface area contributed by atoms with Crippen LogP contribution in [0.15, 0.2) is 4.99 Å². The molecule has 134 valence electrons. The molecule has 0 amide bonds. The molecule has 0 aliphatic carbocycles. The van der Waals surface area contributed by atoms with Crippen LogP contribution in [0.5, 0.6) is 0 Å². The quantitative estimate of drug-likeness (QED) is 0.626. The molecule has 1 saturated heterocycles. The molecule has 3 heterocycles. The molecule has 7 nitrogen and oxygen atoms in total. The van der Waals surface area contributed by atoms with Gasteiger partial charge in [0.05, 0.1) is 6.54 Å². The van der Waals surface area contributed by atoms with Crippen LogP contribution in [-0.2, 0) is 19.4 Å². The summed E-state index contributed by atoms with van der Waals surface area (Å²) in [7, 11) is 4.06. The van der Waals surface area contributed by atoms with Crippen molar-refractivity contribution in [3.8, 4) is 0 Å². The SMILES string of the molecule is CCc1nc2n(n1)CC(NC(=NC)NCC1CCCN(C)C1)CC2. The van der Waals surface area contributed by atoms with E-state index in [1.165, 1.54) is 25.9 Å². The molecule has 0 bridgehead atoms. The molecule has 0 saturated carbocycles. The van der Waals surface area contributed by atoms with Gasteiger partial charge in [0.15, 0.2) is 11.8 Å². The molecule has 0 radical (unpaired) electrons. The number of hydrogen-bond acceptors (Lipinski definition) is 4. The Bertz CT molecular complexity index is 565. The maximum Gasteiger partial charge on any atom is 0.191 e. The second kappa shape index (κ2) is 7.96. The fourth-order valence-corrected chi connectivity index (χ4v) is 3.70. The summed E-state index contributed by atoms with van der Waals surface area (Å²) in [5, 5.41) is 11.7. The van der Waals surface area contributed by atoms with Crippen molar-refractivity contribution in [2.24, 2.45) is 10.9 Å². The number of rotatable bonds is 4. The van der Waals surface area contributed by atoms with Gasteiger partial charge >= 0.3 is 0 Å². The van der Waals surface area contributed by atoms with Crippen molar-refractivity contribution in [1.29, 1.82) is 0 Å². The van der Waals surface area contributed by atoms with Crippen molar-refractivity contribution < 1.29 is 0 Å². The van der Waals surface area contributed by atoms with E-state index in [9.17, 15) is 0 Å². The summed E-state index contributed by atoms with van der Waals surface area (Å²) in [4.78, 5) is 11.4. The molecule has 0 aromatic carbocycles. The monoisotopic (exact) mass is 333 g/mol. The van der Waals surface area contributed by atoms with E-state index in [-0.39, 0.29) is 0 Å². The first-order valence-corrected chi connectivity index (χ1v) is 9.26. The Kier molecular flexibility index (Phi) is 5.71. The topological polar surface area (TPSA) is 70.4 Å². The first-order valence-electron chi connectivity index (χ1n) is 9.26. The maximum atomic E-state index is 4.58. The summed E-state index contributed by atoms with van der Waals surface area (Å²) in [6.45, 7) is 6.37. The zero-order chi connectivity index (χ0) is 16.9. The Morgan fingerprint density at radius 2 is 2.21 bits per heavy atom. The number of piperidine rings is 1. The molecule has 0 spiro atoms. The van der Waals surface area contributed by atoms with E-state index in [2.05, 4.69) is 49.3 Å². The van der Waals surface area contributed by atoms with E-state index in [4.69, 9.17) is 0 Å². The van der Waals surface area contributed by atoms with E-state index in [1.54, 1.807) is 0 Å². The highest BCUT2D eigenvalue weighted by molar-refractivity contribution is 5.79. The molecule has 2 N–H and O–H groups in total. The number of likely N-dealkylation sites (tertiary alicyclic amines) is 1. The lowest BCUT2D eigenvalue weighted by Crippen LogP contribution is -2.49. The van der Waals surface area contributed by atoms with Crippen molar-refractivity contribution >= 4 is 5.96 Å². The lowest BCUT2D eigenvalue weighted by Gasteiger charge is -2.31. The van der Waals surface area contributed by atoms with Crippen molar-refractivity contribution in [3.63, 3.8) is 0 Å². The minimum atomic E-state index is 0.365. The van der Waals surface area contributed by atoms with Crippen molar-refractivity contribution in [2.75, 3.05) is 33.7 Å². The first-order chi connectivity index (χ1) is 11.7. The molecule has 7 heteroatoms. The number of nitrogens with zero attached hydrogens (tertiary/aromatic N) is 5. The number of fused-ring (bicyclic) bond motifs is 1. The highest BCUT2D eigenvalue weighted by atomic mass is 15.4. The van der Waals surface area contributed by atoms with E-state index in [0.29, 0.717) is 12.0 Å². The normalized spacial score (nSPS) is 25.4. The minimum absolute atomic E-state index is 0.365. The maximum absolute atomic E-state index is 4.58. The Hall–Kier alpha value is -1.63. The Morgan fingerprint density at radius 1 is 1.33 bits per heavy atom. The van der Waals surface area contributed by atoms with Crippen molar-refractivity contribution in [1.82, 2.24) is 30.3 Å². The van der Waals surface area contributed by atoms with Gasteiger partial charge in [-0.15, -0.1) is 0 Å². The number of nitrogens with one attached hydrogen (secondary N) is 2. The average Bonchev–Trinajstić information content (AvgIpc) is 3.01. The van der Waals surface area contributed by atoms with Crippen LogP contribution in [0.1, 0.15) is 37.8 Å². The number of aryl methyl sites for hydroxylation is 2. The second-order valence-corrected chi connectivity index (χ2v) is 7.08. The van der Waals surface area contributed by atoms with Crippen molar-refractivity contribution in [3.05, 3.63) is 11.6 Å². The lowest BCUT2D eigenvalue weighted by molar-refractivity contribution is 0.210. The smallest absolute Gasteiger partial charge is 0.191 e. The Labute approximate surface area is 144 Å². The van der Waals surface area contributed by atoms with Crippen LogP contribution < -0.4 is 10.6 Å². The van der Waals surface area contributed by atoms with Gasteiger partial charge in [-0.3, -0.25) is 4.99 Å². The van der Waals surface area contributed by atoms with Gasteiger partial charge in [-0.25, -0.2) is 9.67 Å². The number of hydrogen-bond donors (Lipinski definition) is 2. The zero-order valence-electron chi connectivity index (χ0n) is 15.3. The van der Waals surface area contributed by atoms with Crippen LogP contribution in [0.25, 0.3) is 0 Å². The van der Waals surface area contributed by atoms with Gasteiger partial charge in [0.2, 0.25) is 0 Å². The average molecular weight is 333 g/mol. The van der Waals surface area contributed by atoms with Gasteiger partial charge in [0.25, 0.3) is 0 Å². The van der Waals surface area contributed by atoms with Crippen LogP contribution in [0.3, 0.4) is 0 Å². The Balaban J connectivity index is 1.49. The van der Waals surface area contributed by atoms with Gasteiger partial charge in [-0.2, -0.15) is 5.10 Å². The highest BCUT2D eigenvalue weighted by Crippen LogP contribution is 2.15. The third-order valence-electron chi connectivity index (χ3n) is 5.06. The predicted molar refractivity (Wildman–Crippen MR) is 96.2 cm³/mol. The molecule has 3 rings (SSSR count). The third-order valence-corrected chi connectivity index (χ3v) is 5.06. The Morgan fingerprint density at radius 3 is 2.96 bits per heavy atom. The van der Waals surface area contributed by atoms with Gasteiger partial charge < -0.3 is 15.5 Å². The first kappa shape index (κ1) is 17.2. The molecular weight excluding hydrogens is 302 g/mol. The van der Waals surface area contributed by atoms with E-state index in [1.807, 2.05) is 7.05 Å². The predicted octanol–water partition coefficient (Wildman–Crippen LogP) is 0.662. The second-order valence-electron chi connectivity index (χ2n) is 7.08. The highest BCUT2D eigenvalue weighted by Gasteiger charge is 2.23.